The Balaban J connectivity index is 3.83. The topological polar surface area (TPSA) is 86.9 Å². The average Bonchev–Trinajstić information content (AvgIpc) is 2.21. The summed E-state index contributed by atoms with van der Waals surface area (Å²) in [4.78, 5) is 25.6. The van der Waals surface area contributed by atoms with Crippen molar-refractivity contribution in [2.45, 2.75) is 18.9 Å². The molecule has 0 bridgehead atoms. The van der Waals surface area contributed by atoms with Gasteiger partial charge in [-0.1, -0.05) is 0 Å². The van der Waals surface area contributed by atoms with Crippen LogP contribution in [0.3, 0.4) is 0 Å². The Hall–Kier alpha value is -1.14. The van der Waals surface area contributed by atoms with E-state index in [1.165, 1.54) is 0 Å². The summed E-state index contributed by atoms with van der Waals surface area (Å²) in [5.74, 6) is -1.14. The van der Waals surface area contributed by atoms with Crippen LogP contribution in [0.1, 0.15) is 12.8 Å². The molecule has 0 spiro atoms. The van der Waals surface area contributed by atoms with Crippen LogP contribution in [0.5, 0.6) is 0 Å². The number of carboxylic acids is 1. The molecule has 0 aliphatic heterocycles. The van der Waals surface area contributed by atoms with Gasteiger partial charge >= 0.3 is 5.97 Å². The summed E-state index contributed by atoms with van der Waals surface area (Å²) in [5, 5.41) is 8.55. The van der Waals surface area contributed by atoms with Gasteiger partial charge in [-0.2, -0.15) is 0 Å². The molecule has 94 valence electrons. The lowest BCUT2D eigenvalue weighted by Gasteiger charge is -2.20. The van der Waals surface area contributed by atoms with Gasteiger partial charge in [0.15, 0.2) is 0 Å². The second kappa shape index (κ2) is 7.19. The minimum absolute atomic E-state index is 0.0708. The number of hydrogen-bond acceptors (Lipinski definition) is 4. The summed E-state index contributed by atoms with van der Waals surface area (Å²) >= 11 is 0. The second-order valence-corrected chi connectivity index (χ2v) is 4.10. The number of likely N-dealkylation sites (N-methyl/N-ethyl adjacent to an activating group) is 2. The van der Waals surface area contributed by atoms with E-state index in [-0.39, 0.29) is 18.7 Å². The standard InChI is InChI=1S/C10H21N3O3/c1-12(2)6-7-13(3)9(14)5-4-8(11)10(15)16/h8H,4-7,11H2,1-3H3,(H,15,16)/t8-/m0/s1. The maximum atomic E-state index is 11.5. The molecular formula is C10H21N3O3. The van der Waals surface area contributed by atoms with E-state index in [0.29, 0.717) is 6.54 Å². The van der Waals surface area contributed by atoms with Gasteiger partial charge in [0.05, 0.1) is 0 Å². The first kappa shape index (κ1) is 14.9. The van der Waals surface area contributed by atoms with Gasteiger partial charge in [0.1, 0.15) is 6.04 Å². The number of amides is 1. The Labute approximate surface area is 96.0 Å². The monoisotopic (exact) mass is 231 g/mol. The molecule has 0 fully saturated rings. The molecule has 0 radical (unpaired) electrons. The number of carbonyl (C=O) groups excluding carboxylic acids is 1. The van der Waals surface area contributed by atoms with Crippen molar-refractivity contribution in [2.24, 2.45) is 5.73 Å². The van der Waals surface area contributed by atoms with E-state index in [2.05, 4.69) is 0 Å². The number of nitrogens with zero attached hydrogens (tertiary/aromatic N) is 2. The third-order valence-electron chi connectivity index (χ3n) is 2.29. The van der Waals surface area contributed by atoms with Gasteiger partial charge in [-0.05, 0) is 20.5 Å². The lowest BCUT2D eigenvalue weighted by Crippen LogP contribution is -2.36. The first-order valence-electron chi connectivity index (χ1n) is 5.21. The maximum absolute atomic E-state index is 11.5. The van der Waals surface area contributed by atoms with Crippen molar-refractivity contribution >= 4 is 11.9 Å². The van der Waals surface area contributed by atoms with Crippen LogP contribution in [0, 0.1) is 0 Å². The van der Waals surface area contributed by atoms with Crippen LogP contribution in [-0.2, 0) is 9.59 Å². The molecule has 0 saturated carbocycles. The number of carbonyl (C=O) groups is 2. The minimum Gasteiger partial charge on any atom is -0.480 e. The highest BCUT2D eigenvalue weighted by Crippen LogP contribution is 1.99. The summed E-state index contributed by atoms with van der Waals surface area (Å²) in [5.41, 5.74) is 5.31. The zero-order chi connectivity index (χ0) is 12.7. The highest BCUT2D eigenvalue weighted by molar-refractivity contribution is 5.78. The Bertz CT molecular complexity index is 243. The van der Waals surface area contributed by atoms with E-state index >= 15 is 0 Å². The summed E-state index contributed by atoms with van der Waals surface area (Å²) in [6.45, 7) is 1.42. The van der Waals surface area contributed by atoms with Crippen molar-refractivity contribution in [2.75, 3.05) is 34.2 Å². The van der Waals surface area contributed by atoms with Crippen LogP contribution in [0.25, 0.3) is 0 Å². The smallest absolute Gasteiger partial charge is 0.320 e. The van der Waals surface area contributed by atoms with Gasteiger partial charge in [-0.25, -0.2) is 0 Å². The van der Waals surface area contributed by atoms with Crippen molar-refractivity contribution < 1.29 is 14.7 Å². The minimum atomic E-state index is -1.07. The van der Waals surface area contributed by atoms with Crippen LogP contribution < -0.4 is 5.73 Å². The summed E-state index contributed by atoms with van der Waals surface area (Å²) in [7, 11) is 5.56. The van der Waals surface area contributed by atoms with Crippen molar-refractivity contribution in [1.29, 1.82) is 0 Å². The van der Waals surface area contributed by atoms with Gasteiger partial charge in [-0.3, -0.25) is 9.59 Å². The fraction of sp³-hybridized carbons (Fsp3) is 0.800. The molecule has 0 saturated heterocycles. The molecule has 0 unspecified atom stereocenters. The van der Waals surface area contributed by atoms with E-state index in [9.17, 15) is 9.59 Å². The number of rotatable bonds is 7. The summed E-state index contributed by atoms with van der Waals surface area (Å²) in [6.07, 6.45) is 0.359. The molecule has 0 heterocycles. The Morgan fingerprint density at radius 1 is 1.25 bits per heavy atom. The molecule has 0 rings (SSSR count). The maximum Gasteiger partial charge on any atom is 0.320 e. The van der Waals surface area contributed by atoms with E-state index in [0.717, 1.165) is 6.54 Å². The molecule has 3 N–H and O–H groups in total. The Morgan fingerprint density at radius 2 is 1.81 bits per heavy atom. The van der Waals surface area contributed by atoms with Crippen LogP contribution in [0.15, 0.2) is 0 Å². The molecule has 6 nitrogen and oxygen atoms in total. The fourth-order valence-electron chi connectivity index (χ4n) is 1.07. The van der Waals surface area contributed by atoms with E-state index in [1.54, 1.807) is 11.9 Å². The van der Waals surface area contributed by atoms with Gasteiger partial charge in [-0.15, -0.1) is 0 Å². The first-order valence-corrected chi connectivity index (χ1v) is 5.21. The molecule has 16 heavy (non-hydrogen) atoms. The quantitative estimate of drug-likeness (QED) is 0.599. The van der Waals surface area contributed by atoms with Crippen molar-refractivity contribution in [1.82, 2.24) is 9.80 Å². The third-order valence-corrected chi connectivity index (χ3v) is 2.29. The summed E-state index contributed by atoms with van der Waals surface area (Å²) in [6, 6.07) is -0.953. The van der Waals surface area contributed by atoms with E-state index in [4.69, 9.17) is 10.8 Å². The highest BCUT2D eigenvalue weighted by Gasteiger charge is 2.15. The molecule has 0 aromatic carbocycles. The Morgan fingerprint density at radius 3 is 2.25 bits per heavy atom. The number of aliphatic carboxylic acids is 1. The van der Waals surface area contributed by atoms with Crippen molar-refractivity contribution in [3.05, 3.63) is 0 Å². The van der Waals surface area contributed by atoms with Crippen LogP contribution in [0.4, 0.5) is 0 Å². The number of nitrogens with two attached hydrogens (primary N) is 1. The number of hydrogen-bond donors (Lipinski definition) is 2. The van der Waals surface area contributed by atoms with Crippen molar-refractivity contribution in [3.63, 3.8) is 0 Å². The molecule has 1 atom stereocenters. The lowest BCUT2D eigenvalue weighted by molar-refractivity contribution is -0.139. The fourth-order valence-corrected chi connectivity index (χ4v) is 1.07. The molecule has 0 aliphatic rings. The van der Waals surface area contributed by atoms with Gasteiger partial charge in [0.25, 0.3) is 0 Å². The Kier molecular flexibility index (Phi) is 6.67. The first-order chi connectivity index (χ1) is 7.34. The average molecular weight is 231 g/mol. The lowest BCUT2D eigenvalue weighted by atomic mass is 10.1. The SMILES string of the molecule is CN(C)CCN(C)C(=O)CC[C@H](N)C(=O)O. The van der Waals surface area contributed by atoms with Gasteiger partial charge < -0.3 is 20.6 Å². The molecular weight excluding hydrogens is 210 g/mol. The third kappa shape index (κ3) is 6.36. The van der Waals surface area contributed by atoms with Gasteiger partial charge in [0.2, 0.25) is 5.91 Å². The molecule has 0 aromatic heterocycles. The predicted octanol–water partition coefficient (Wildman–Crippen LogP) is -0.801. The van der Waals surface area contributed by atoms with E-state index < -0.39 is 12.0 Å². The zero-order valence-corrected chi connectivity index (χ0v) is 10.1. The zero-order valence-electron chi connectivity index (χ0n) is 10.1. The molecule has 1 amide bonds. The molecule has 0 aliphatic carbocycles. The van der Waals surface area contributed by atoms with Gasteiger partial charge in [0, 0.05) is 26.6 Å². The van der Waals surface area contributed by atoms with Crippen LogP contribution in [-0.4, -0.2) is 67.1 Å². The van der Waals surface area contributed by atoms with Crippen molar-refractivity contribution in [3.8, 4) is 0 Å². The highest BCUT2D eigenvalue weighted by atomic mass is 16.4. The largest absolute Gasteiger partial charge is 0.480 e. The summed E-state index contributed by atoms with van der Waals surface area (Å²) < 4.78 is 0. The molecule has 0 aromatic rings. The van der Waals surface area contributed by atoms with E-state index in [1.807, 2.05) is 19.0 Å². The second-order valence-electron chi connectivity index (χ2n) is 4.10. The normalized spacial score (nSPS) is 12.6. The number of carboxylic acid groups (broad SMARTS) is 1. The van der Waals surface area contributed by atoms with Crippen LogP contribution in [0.2, 0.25) is 0 Å². The predicted molar refractivity (Wildman–Crippen MR) is 61.0 cm³/mol. The molecule has 6 heteroatoms. The van der Waals surface area contributed by atoms with Crippen LogP contribution >= 0.6 is 0 Å².